The van der Waals surface area contributed by atoms with Crippen LogP contribution >= 0.6 is 0 Å². The molecular weight excluding hydrogens is 272 g/mol. The zero-order chi connectivity index (χ0) is 14.8. The number of imide groups is 1. The van der Waals surface area contributed by atoms with Gasteiger partial charge < -0.3 is 9.64 Å². The molecule has 1 aliphatic carbocycles. The topological polar surface area (TPSA) is 66.9 Å². The van der Waals surface area contributed by atoms with Crippen LogP contribution in [0.1, 0.15) is 44.9 Å². The van der Waals surface area contributed by atoms with E-state index in [0.717, 1.165) is 12.8 Å². The second-order valence-corrected chi connectivity index (χ2v) is 6.31. The Bertz CT molecular complexity index is 429. The van der Waals surface area contributed by atoms with Crippen molar-refractivity contribution < 1.29 is 19.1 Å². The monoisotopic (exact) mass is 294 g/mol. The van der Waals surface area contributed by atoms with Crippen molar-refractivity contribution in [3.8, 4) is 0 Å². The van der Waals surface area contributed by atoms with E-state index < -0.39 is 6.09 Å². The molecule has 2 saturated heterocycles. The number of nitrogens with zero attached hydrogens (tertiary/aromatic N) is 2. The molecule has 21 heavy (non-hydrogen) atoms. The molecule has 0 radical (unpaired) electrons. The minimum absolute atomic E-state index is 0.161. The molecule has 0 aromatic carbocycles. The second kappa shape index (κ2) is 6.03. The first-order valence-electron chi connectivity index (χ1n) is 7.91. The summed E-state index contributed by atoms with van der Waals surface area (Å²) in [5.41, 5.74) is 0. The van der Waals surface area contributed by atoms with Gasteiger partial charge in [0.2, 0.25) is 5.91 Å². The Morgan fingerprint density at radius 3 is 2.57 bits per heavy atom. The van der Waals surface area contributed by atoms with Gasteiger partial charge in [-0.05, 0) is 25.2 Å². The number of hydrogen-bond acceptors (Lipinski definition) is 4. The molecule has 3 rings (SSSR count). The highest BCUT2D eigenvalue weighted by Crippen LogP contribution is 2.28. The fourth-order valence-electron chi connectivity index (χ4n) is 3.66. The van der Waals surface area contributed by atoms with E-state index in [1.54, 1.807) is 4.90 Å². The van der Waals surface area contributed by atoms with E-state index in [-0.39, 0.29) is 24.5 Å². The molecule has 116 valence electrons. The van der Waals surface area contributed by atoms with Gasteiger partial charge in [-0.2, -0.15) is 0 Å². The van der Waals surface area contributed by atoms with Crippen LogP contribution in [-0.2, 0) is 14.3 Å². The van der Waals surface area contributed by atoms with Crippen LogP contribution in [-0.4, -0.2) is 53.4 Å². The summed E-state index contributed by atoms with van der Waals surface area (Å²) in [7, 11) is 0. The van der Waals surface area contributed by atoms with Crippen molar-refractivity contribution in [1.29, 1.82) is 0 Å². The lowest BCUT2D eigenvalue weighted by Crippen LogP contribution is -2.42. The molecule has 6 nitrogen and oxygen atoms in total. The van der Waals surface area contributed by atoms with Gasteiger partial charge in [0.1, 0.15) is 0 Å². The van der Waals surface area contributed by atoms with E-state index in [2.05, 4.69) is 0 Å². The molecule has 1 saturated carbocycles. The fraction of sp³-hybridized carbons (Fsp3) is 0.800. The van der Waals surface area contributed by atoms with Crippen LogP contribution in [0.2, 0.25) is 0 Å². The predicted octanol–water partition coefficient (Wildman–Crippen LogP) is 1.54. The molecule has 1 unspecified atom stereocenters. The van der Waals surface area contributed by atoms with E-state index in [4.69, 9.17) is 4.74 Å². The molecule has 1 atom stereocenters. The van der Waals surface area contributed by atoms with Crippen LogP contribution < -0.4 is 0 Å². The molecule has 3 aliphatic rings. The zero-order valence-corrected chi connectivity index (χ0v) is 12.3. The van der Waals surface area contributed by atoms with Gasteiger partial charge in [-0.1, -0.05) is 19.3 Å². The highest BCUT2D eigenvalue weighted by Gasteiger charge is 2.41. The first-order valence-corrected chi connectivity index (χ1v) is 7.91. The van der Waals surface area contributed by atoms with E-state index in [1.807, 2.05) is 0 Å². The summed E-state index contributed by atoms with van der Waals surface area (Å²) in [5, 5.41) is 0. The number of amides is 3. The first-order chi connectivity index (χ1) is 10.1. The molecular formula is C15H22N2O4. The molecule has 6 heteroatoms. The van der Waals surface area contributed by atoms with E-state index in [0.29, 0.717) is 31.8 Å². The summed E-state index contributed by atoms with van der Waals surface area (Å²) >= 11 is 0. The van der Waals surface area contributed by atoms with Crippen molar-refractivity contribution in [3.05, 3.63) is 0 Å². The average Bonchev–Trinajstić information content (AvgIpc) is 3.07. The smallest absolute Gasteiger partial charge is 0.417 e. The number of cyclic esters (lactones) is 1. The number of carbonyl (C=O) groups is 3. The Hall–Kier alpha value is -1.59. The number of carbonyl (C=O) groups excluding carboxylic acids is 3. The van der Waals surface area contributed by atoms with E-state index in [1.165, 1.54) is 24.2 Å². The summed E-state index contributed by atoms with van der Waals surface area (Å²) < 4.78 is 4.74. The van der Waals surface area contributed by atoms with Crippen LogP contribution in [0.15, 0.2) is 0 Å². The Kier molecular flexibility index (Phi) is 4.12. The van der Waals surface area contributed by atoms with Gasteiger partial charge in [-0.15, -0.1) is 0 Å². The standard InChI is InChI=1S/C15H22N2O4/c18-13(8-11-4-2-1-3-5-11)16-7-6-12(9-16)17-14(19)10-21-15(17)20/h11-12H,1-10H2. The number of ether oxygens (including phenoxy) is 1. The van der Waals surface area contributed by atoms with Gasteiger partial charge >= 0.3 is 6.09 Å². The van der Waals surface area contributed by atoms with Crippen molar-refractivity contribution >= 4 is 17.9 Å². The average molecular weight is 294 g/mol. The Balaban J connectivity index is 1.52. The van der Waals surface area contributed by atoms with Crippen molar-refractivity contribution in [3.63, 3.8) is 0 Å². The summed E-state index contributed by atoms with van der Waals surface area (Å²) in [5.74, 6) is 0.402. The summed E-state index contributed by atoms with van der Waals surface area (Å²) in [6.45, 7) is 0.936. The third-order valence-corrected chi connectivity index (χ3v) is 4.85. The molecule has 0 aromatic heterocycles. The lowest BCUT2D eigenvalue weighted by molar-refractivity contribution is -0.132. The van der Waals surface area contributed by atoms with E-state index >= 15 is 0 Å². The minimum Gasteiger partial charge on any atom is -0.439 e. The third kappa shape index (κ3) is 3.04. The quantitative estimate of drug-likeness (QED) is 0.792. The molecule has 3 amide bonds. The van der Waals surface area contributed by atoms with E-state index in [9.17, 15) is 14.4 Å². The van der Waals surface area contributed by atoms with Gasteiger partial charge in [0.15, 0.2) is 6.61 Å². The normalized spacial score (nSPS) is 27.3. The SMILES string of the molecule is O=C(CC1CCCCC1)N1CCC(N2C(=O)COC2=O)C1. The number of likely N-dealkylation sites (tertiary alicyclic amines) is 1. The molecule has 0 spiro atoms. The molecule has 0 bridgehead atoms. The van der Waals surface area contributed by atoms with Gasteiger partial charge in [0.25, 0.3) is 5.91 Å². The molecule has 2 heterocycles. The highest BCUT2D eigenvalue weighted by atomic mass is 16.6. The largest absolute Gasteiger partial charge is 0.439 e. The van der Waals surface area contributed by atoms with Crippen molar-refractivity contribution in [1.82, 2.24) is 9.80 Å². The van der Waals surface area contributed by atoms with Crippen LogP contribution in [0, 0.1) is 5.92 Å². The second-order valence-electron chi connectivity index (χ2n) is 6.31. The van der Waals surface area contributed by atoms with Crippen molar-refractivity contribution in [2.75, 3.05) is 19.7 Å². The van der Waals surface area contributed by atoms with Gasteiger partial charge in [-0.25, -0.2) is 9.69 Å². The summed E-state index contributed by atoms with van der Waals surface area (Å²) in [6, 6.07) is -0.206. The summed E-state index contributed by atoms with van der Waals surface area (Å²) in [4.78, 5) is 38.5. The maximum absolute atomic E-state index is 12.3. The van der Waals surface area contributed by atoms with Crippen LogP contribution in [0.3, 0.4) is 0 Å². The third-order valence-electron chi connectivity index (χ3n) is 4.85. The van der Waals surface area contributed by atoms with Crippen molar-refractivity contribution in [2.24, 2.45) is 5.92 Å². The van der Waals surface area contributed by atoms with Crippen molar-refractivity contribution in [2.45, 2.75) is 51.0 Å². The predicted molar refractivity (Wildman–Crippen MR) is 74.4 cm³/mol. The van der Waals surface area contributed by atoms with Crippen LogP contribution in [0.25, 0.3) is 0 Å². The molecule has 0 N–H and O–H groups in total. The van der Waals surface area contributed by atoms with Crippen LogP contribution in [0.4, 0.5) is 4.79 Å². The fourth-order valence-corrected chi connectivity index (χ4v) is 3.66. The van der Waals surface area contributed by atoms with Gasteiger partial charge in [0, 0.05) is 19.5 Å². The number of rotatable bonds is 3. The van der Waals surface area contributed by atoms with Gasteiger partial charge in [-0.3, -0.25) is 9.59 Å². The highest BCUT2D eigenvalue weighted by molar-refractivity contribution is 5.98. The zero-order valence-electron chi connectivity index (χ0n) is 12.3. The lowest BCUT2D eigenvalue weighted by atomic mass is 9.87. The molecule has 3 fully saturated rings. The van der Waals surface area contributed by atoms with Gasteiger partial charge in [0.05, 0.1) is 6.04 Å². The number of hydrogen-bond donors (Lipinski definition) is 0. The maximum Gasteiger partial charge on any atom is 0.417 e. The van der Waals surface area contributed by atoms with Crippen LogP contribution in [0.5, 0.6) is 0 Å². The molecule has 2 aliphatic heterocycles. The maximum atomic E-state index is 12.3. The minimum atomic E-state index is -0.563. The first kappa shape index (κ1) is 14.4. The summed E-state index contributed by atoms with van der Waals surface area (Å²) in [6.07, 6.45) is 6.77. The molecule has 0 aromatic rings. The Labute approximate surface area is 124 Å². The Morgan fingerprint density at radius 2 is 1.90 bits per heavy atom. The lowest BCUT2D eigenvalue weighted by Gasteiger charge is -2.24. The Morgan fingerprint density at radius 1 is 1.14 bits per heavy atom.